The molecule has 1 aliphatic heterocycles. The summed E-state index contributed by atoms with van der Waals surface area (Å²) in [5, 5.41) is 4.88. The first-order valence-electron chi connectivity index (χ1n) is 9.92. The van der Waals surface area contributed by atoms with Crippen LogP contribution in [-0.2, 0) is 17.8 Å². The Morgan fingerprint density at radius 2 is 1.87 bits per heavy atom. The van der Waals surface area contributed by atoms with Gasteiger partial charge in [0.05, 0.1) is 20.3 Å². The van der Waals surface area contributed by atoms with Gasteiger partial charge >= 0.3 is 0 Å². The van der Waals surface area contributed by atoms with Gasteiger partial charge in [0.15, 0.2) is 5.76 Å². The van der Waals surface area contributed by atoms with Crippen LogP contribution in [0.2, 0.25) is 5.02 Å². The van der Waals surface area contributed by atoms with E-state index in [2.05, 4.69) is 5.16 Å². The molecular weight excluding hydrogens is 404 g/mol. The predicted octanol–water partition coefficient (Wildman–Crippen LogP) is 4.75. The fourth-order valence-corrected chi connectivity index (χ4v) is 3.64. The van der Waals surface area contributed by atoms with Gasteiger partial charge in [-0.1, -0.05) is 16.8 Å². The fourth-order valence-electron chi connectivity index (χ4n) is 3.52. The molecule has 0 saturated heterocycles. The van der Waals surface area contributed by atoms with E-state index in [1.807, 2.05) is 53.4 Å². The fraction of sp³-hybridized carbons (Fsp3) is 0.304. The second-order valence-corrected chi connectivity index (χ2v) is 7.57. The van der Waals surface area contributed by atoms with Crippen LogP contribution in [0.25, 0.3) is 11.3 Å². The van der Waals surface area contributed by atoms with Gasteiger partial charge in [-0.3, -0.25) is 4.79 Å². The Kier molecular flexibility index (Phi) is 6.23. The molecule has 4 rings (SSSR count). The molecule has 1 aromatic heterocycles. The lowest BCUT2D eigenvalue weighted by Gasteiger charge is -2.26. The highest BCUT2D eigenvalue weighted by molar-refractivity contribution is 6.30. The molecular formula is C23H23ClN2O4. The second kappa shape index (κ2) is 9.22. The zero-order valence-electron chi connectivity index (χ0n) is 16.8. The third-order valence-electron chi connectivity index (χ3n) is 5.16. The molecule has 2 heterocycles. The minimum atomic E-state index is 0.107. The van der Waals surface area contributed by atoms with E-state index in [0.29, 0.717) is 37.6 Å². The molecule has 156 valence electrons. The Balaban J connectivity index is 1.28. The quantitative estimate of drug-likeness (QED) is 0.510. The molecule has 0 spiro atoms. The first kappa shape index (κ1) is 20.3. The molecule has 30 heavy (non-hydrogen) atoms. The maximum atomic E-state index is 12.6. The summed E-state index contributed by atoms with van der Waals surface area (Å²) in [6, 6.07) is 14.9. The van der Waals surface area contributed by atoms with Crippen molar-refractivity contribution in [3.63, 3.8) is 0 Å². The van der Waals surface area contributed by atoms with E-state index in [1.54, 1.807) is 7.11 Å². The van der Waals surface area contributed by atoms with Crippen molar-refractivity contribution in [2.45, 2.75) is 25.8 Å². The number of carbonyl (C=O) groups is 1. The topological polar surface area (TPSA) is 64.8 Å². The molecule has 7 heteroatoms. The van der Waals surface area contributed by atoms with Crippen molar-refractivity contribution in [3.8, 4) is 22.8 Å². The van der Waals surface area contributed by atoms with Crippen LogP contribution in [0.5, 0.6) is 11.5 Å². The SMILES string of the molecule is COc1ccc(OCCCC(=O)N2CCc3c(noc3-c3ccc(Cl)cc3)C2)cc1. The molecule has 0 bridgehead atoms. The molecule has 0 atom stereocenters. The summed E-state index contributed by atoms with van der Waals surface area (Å²) >= 11 is 5.97. The minimum absolute atomic E-state index is 0.107. The third kappa shape index (κ3) is 4.60. The van der Waals surface area contributed by atoms with Crippen LogP contribution >= 0.6 is 11.6 Å². The lowest BCUT2D eigenvalue weighted by molar-refractivity contribution is -0.132. The maximum absolute atomic E-state index is 12.6. The number of rotatable bonds is 7. The molecule has 2 aromatic carbocycles. The van der Waals surface area contributed by atoms with Crippen LogP contribution in [-0.4, -0.2) is 36.2 Å². The van der Waals surface area contributed by atoms with Gasteiger partial charge in [-0.2, -0.15) is 0 Å². The number of carbonyl (C=O) groups excluding carboxylic acids is 1. The van der Waals surface area contributed by atoms with Crippen molar-refractivity contribution in [2.75, 3.05) is 20.3 Å². The van der Waals surface area contributed by atoms with Gasteiger partial charge in [-0.15, -0.1) is 0 Å². The number of ether oxygens (including phenoxy) is 2. The first-order valence-corrected chi connectivity index (χ1v) is 10.3. The van der Waals surface area contributed by atoms with Crippen molar-refractivity contribution in [1.82, 2.24) is 10.1 Å². The van der Waals surface area contributed by atoms with Crippen molar-refractivity contribution < 1.29 is 18.8 Å². The number of aromatic nitrogens is 1. The van der Waals surface area contributed by atoms with Crippen LogP contribution in [0.1, 0.15) is 24.1 Å². The lowest BCUT2D eigenvalue weighted by Crippen LogP contribution is -2.36. The summed E-state index contributed by atoms with van der Waals surface area (Å²) in [6.07, 6.45) is 1.82. The molecule has 0 unspecified atom stereocenters. The number of hydrogen-bond donors (Lipinski definition) is 0. The van der Waals surface area contributed by atoms with Crippen LogP contribution in [0.3, 0.4) is 0 Å². The molecule has 0 radical (unpaired) electrons. The highest BCUT2D eigenvalue weighted by Gasteiger charge is 2.26. The van der Waals surface area contributed by atoms with Gasteiger partial charge in [0.2, 0.25) is 5.91 Å². The normalized spacial score (nSPS) is 13.1. The summed E-state index contributed by atoms with van der Waals surface area (Å²) in [5.41, 5.74) is 2.85. The van der Waals surface area contributed by atoms with E-state index in [1.165, 1.54) is 0 Å². The van der Waals surface area contributed by atoms with Crippen molar-refractivity contribution in [3.05, 3.63) is 64.8 Å². The molecule has 1 aliphatic rings. The van der Waals surface area contributed by atoms with Crippen molar-refractivity contribution >= 4 is 17.5 Å². The average Bonchev–Trinajstić information content (AvgIpc) is 3.21. The summed E-state index contributed by atoms with van der Waals surface area (Å²) in [7, 11) is 1.63. The standard InChI is InChI=1S/C23H23ClN2O4/c1-28-18-8-10-19(11-9-18)29-14-2-3-22(27)26-13-12-20-21(15-26)25-30-23(20)16-4-6-17(24)7-5-16/h4-11H,2-3,12-15H2,1H3. The molecule has 0 saturated carbocycles. The van der Waals surface area contributed by atoms with Gasteiger partial charge in [0.25, 0.3) is 0 Å². The Morgan fingerprint density at radius 3 is 2.60 bits per heavy atom. The largest absolute Gasteiger partial charge is 0.497 e. The Hall–Kier alpha value is -2.99. The smallest absolute Gasteiger partial charge is 0.223 e. The van der Waals surface area contributed by atoms with Gasteiger partial charge < -0.3 is 18.9 Å². The molecule has 0 aliphatic carbocycles. The van der Waals surface area contributed by atoms with Gasteiger partial charge in [-0.25, -0.2) is 0 Å². The Bertz CT molecular complexity index is 999. The second-order valence-electron chi connectivity index (χ2n) is 7.14. The summed E-state index contributed by atoms with van der Waals surface area (Å²) in [5.74, 6) is 2.42. The number of fused-ring (bicyclic) bond motifs is 1. The van der Waals surface area contributed by atoms with Crippen molar-refractivity contribution in [1.29, 1.82) is 0 Å². The molecule has 1 amide bonds. The molecule has 6 nitrogen and oxygen atoms in total. The number of methoxy groups -OCH3 is 1. The summed E-state index contributed by atoms with van der Waals surface area (Å²) in [4.78, 5) is 14.4. The minimum Gasteiger partial charge on any atom is -0.497 e. The molecule has 0 N–H and O–H groups in total. The number of halogens is 1. The van der Waals surface area contributed by atoms with Crippen LogP contribution < -0.4 is 9.47 Å². The zero-order valence-corrected chi connectivity index (χ0v) is 17.5. The van der Waals surface area contributed by atoms with E-state index >= 15 is 0 Å². The van der Waals surface area contributed by atoms with Crippen LogP contribution in [0.15, 0.2) is 53.1 Å². The zero-order chi connectivity index (χ0) is 20.9. The van der Waals surface area contributed by atoms with Gasteiger partial charge in [-0.05, 0) is 61.4 Å². The van der Waals surface area contributed by atoms with E-state index in [9.17, 15) is 4.79 Å². The number of benzene rings is 2. The van der Waals surface area contributed by atoms with E-state index in [0.717, 1.165) is 40.5 Å². The van der Waals surface area contributed by atoms with E-state index in [-0.39, 0.29) is 5.91 Å². The van der Waals surface area contributed by atoms with Crippen molar-refractivity contribution in [2.24, 2.45) is 0 Å². The highest BCUT2D eigenvalue weighted by Crippen LogP contribution is 2.31. The van der Waals surface area contributed by atoms with Crippen LogP contribution in [0, 0.1) is 0 Å². The maximum Gasteiger partial charge on any atom is 0.223 e. The number of hydrogen-bond acceptors (Lipinski definition) is 5. The average molecular weight is 427 g/mol. The first-order chi connectivity index (χ1) is 14.6. The summed E-state index contributed by atoms with van der Waals surface area (Å²) < 4.78 is 16.4. The van der Waals surface area contributed by atoms with E-state index < -0.39 is 0 Å². The molecule has 3 aromatic rings. The third-order valence-corrected chi connectivity index (χ3v) is 5.42. The number of nitrogens with zero attached hydrogens (tertiary/aromatic N) is 2. The lowest BCUT2D eigenvalue weighted by atomic mass is 10.0. The Morgan fingerprint density at radius 1 is 1.13 bits per heavy atom. The van der Waals surface area contributed by atoms with Crippen LogP contribution in [0.4, 0.5) is 0 Å². The highest BCUT2D eigenvalue weighted by atomic mass is 35.5. The van der Waals surface area contributed by atoms with Gasteiger partial charge in [0, 0.05) is 29.1 Å². The van der Waals surface area contributed by atoms with E-state index in [4.69, 9.17) is 25.6 Å². The monoisotopic (exact) mass is 426 g/mol. The summed E-state index contributed by atoms with van der Waals surface area (Å²) in [6.45, 7) is 1.62. The Labute approximate surface area is 180 Å². The number of amides is 1. The predicted molar refractivity (Wildman–Crippen MR) is 114 cm³/mol. The molecule has 0 fully saturated rings. The van der Waals surface area contributed by atoms with Gasteiger partial charge in [0.1, 0.15) is 17.2 Å².